The largest absolute Gasteiger partial charge is 0.484 e. The van der Waals surface area contributed by atoms with Crippen molar-refractivity contribution in [2.24, 2.45) is 0 Å². The minimum Gasteiger partial charge on any atom is -0.484 e. The number of fused-ring (bicyclic) bond motifs is 1. The van der Waals surface area contributed by atoms with Gasteiger partial charge in [0.05, 0.1) is 21.4 Å². The van der Waals surface area contributed by atoms with E-state index < -0.39 is 10.8 Å². The van der Waals surface area contributed by atoms with E-state index in [0.29, 0.717) is 18.0 Å². The van der Waals surface area contributed by atoms with Crippen LogP contribution in [0.15, 0.2) is 53.4 Å². The van der Waals surface area contributed by atoms with Crippen LogP contribution in [0.25, 0.3) is 0 Å². The molecule has 2 aromatic carbocycles. The molecule has 3 rings (SSSR count). The number of anilines is 1. The lowest BCUT2D eigenvalue weighted by Crippen LogP contribution is -2.40. The first kappa shape index (κ1) is 14.8. The zero-order valence-electron chi connectivity index (χ0n) is 12.3. The van der Waals surface area contributed by atoms with Crippen molar-refractivity contribution in [3.05, 3.63) is 54.1 Å². The van der Waals surface area contributed by atoms with Crippen molar-refractivity contribution in [3.8, 4) is 5.75 Å². The molecule has 0 fully saturated rings. The topological polar surface area (TPSA) is 46.6 Å². The van der Waals surface area contributed by atoms with Crippen molar-refractivity contribution in [1.82, 2.24) is 0 Å². The molecule has 1 atom stereocenters. The van der Waals surface area contributed by atoms with Gasteiger partial charge in [0.25, 0.3) is 5.91 Å². The number of nitrogens with zero attached hydrogens (tertiary/aromatic N) is 1. The Morgan fingerprint density at radius 1 is 1.18 bits per heavy atom. The van der Waals surface area contributed by atoms with Gasteiger partial charge in [0.15, 0.2) is 6.61 Å². The van der Waals surface area contributed by atoms with Gasteiger partial charge in [0.2, 0.25) is 0 Å². The fraction of sp³-hybridized carbons (Fsp3) is 0.235. The summed E-state index contributed by atoms with van der Waals surface area (Å²) >= 11 is 0. The van der Waals surface area contributed by atoms with E-state index in [9.17, 15) is 9.00 Å². The molecule has 0 spiro atoms. The SMILES string of the molecule is Cc1ccc(OCC(=O)N2CCS(=O)c3ccccc32)cc1. The van der Waals surface area contributed by atoms with E-state index >= 15 is 0 Å². The zero-order valence-corrected chi connectivity index (χ0v) is 13.1. The van der Waals surface area contributed by atoms with E-state index in [1.54, 1.807) is 4.90 Å². The van der Waals surface area contributed by atoms with Gasteiger partial charge in [0.1, 0.15) is 5.75 Å². The number of aryl methyl sites for hydroxylation is 1. The third-order valence-electron chi connectivity index (χ3n) is 3.59. The van der Waals surface area contributed by atoms with Crippen LogP contribution in [0.2, 0.25) is 0 Å². The number of hydrogen-bond donors (Lipinski definition) is 0. The Kier molecular flexibility index (Phi) is 4.24. The summed E-state index contributed by atoms with van der Waals surface area (Å²) in [5.74, 6) is 1.02. The van der Waals surface area contributed by atoms with Crippen molar-refractivity contribution in [3.63, 3.8) is 0 Å². The number of carbonyl (C=O) groups excluding carboxylic acids is 1. The summed E-state index contributed by atoms with van der Waals surface area (Å²) in [4.78, 5) is 14.8. The number of ether oxygens (including phenoxy) is 1. The molecule has 1 aliphatic heterocycles. The molecular weight excluding hydrogens is 298 g/mol. The second-order valence-electron chi connectivity index (χ2n) is 5.16. The van der Waals surface area contributed by atoms with Crippen LogP contribution in [0.5, 0.6) is 5.75 Å². The van der Waals surface area contributed by atoms with Gasteiger partial charge < -0.3 is 9.64 Å². The van der Waals surface area contributed by atoms with Crippen LogP contribution in [0.1, 0.15) is 5.56 Å². The monoisotopic (exact) mass is 315 g/mol. The number of rotatable bonds is 3. The van der Waals surface area contributed by atoms with Crippen LogP contribution >= 0.6 is 0 Å². The first-order valence-corrected chi connectivity index (χ1v) is 8.44. The zero-order chi connectivity index (χ0) is 15.5. The second kappa shape index (κ2) is 6.32. The van der Waals surface area contributed by atoms with Gasteiger partial charge in [-0.25, -0.2) is 0 Å². The van der Waals surface area contributed by atoms with Gasteiger partial charge in [-0.15, -0.1) is 0 Å². The summed E-state index contributed by atoms with van der Waals surface area (Å²) in [6, 6.07) is 14.9. The Bertz CT molecular complexity index is 712. The Balaban J connectivity index is 1.72. The average molecular weight is 315 g/mol. The third kappa shape index (κ3) is 3.04. The molecule has 1 unspecified atom stereocenters. The molecule has 0 saturated carbocycles. The molecule has 0 saturated heterocycles. The molecule has 2 aromatic rings. The summed E-state index contributed by atoms with van der Waals surface area (Å²) < 4.78 is 17.6. The van der Waals surface area contributed by atoms with Crippen LogP contribution in [-0.4, -0.2) is 29.0 Å². The average Bonchev–Trinajstić information content (AvgIpc) is 2.55. The summed E-state index contributed by atoms with van der Waals surface area (Å²) in [6.45, 7) is 2.43. The van der Waals surface area contributed by atoms with Crippen molar-refractivity contribution >= 4 is 22.4 Å². The Hall–Kier alpha value is -2.14. The van der Waals surface area contributed by atoms with Crippen LogP contribution in [0, 0.1) is 6.92 Å². The minimum atomic E-state index is -1.03. The molecule has 0 radical (unpaired) electrons. The summed E-state index contributed by atoms with van der Waals surface area (Å²) in [5.41, 5.74) is 1.87. The standard InChI is InChI=1S/C17H17NO3S/c1-13-6-8-14(9-7-13)21-12-17(19)18-10-11-22(20)16-5-3-2-4-15(16)18/h2-9H,10-12H2,1H3. The summed E-state index contributed by atoms with van der Waals surface area (Å²) in [7, 11) is -1.03. The molecule has 0 N–H and O–H groups in total. The lowest BCUT2D eigenvalue weighted by molar-refractivity contribution is -0.120. The fourth-order valence-electron chi connectivity index (χ4n) is 2.39. The molecule has 5 heteroatoms. The van der Waals surface area contributed by atoms with Crippen LogP contribution in [0.3, 0.4) is 0 Å². The van der Waals surface area contributed by atoms with Gasteiger partial charge in [-0.05, 0) is 31.2 Å². The lowest BCUT2D eigenvalue weighted by atomic mass is 10.2. The number of carbonyl (C=O) groups is 1. The first-order chi connectivity index (χ1) is 10.6. The smallest absolute Gasteiger partial charge is 0.264 e. The van der Waals surface area contributed by atoms with Crippen LogP contribution in [-0.2, 0) is 15.6 Å². The van der Waals surface area contributed by atoms with E-state index in [-0.39, 0.29) is 12.5 Å². The predicted molar refractivity (Wildman–Crippen MR) is 86.7 cm³/mol. The van der Waals surface area contributed by atoms with Gasteiger partial charge in [-0.1, -0.05) is 29.8 Å². The van der Waals surface area contributed by atoms with Crippen molar-refractivity contribution in [2.75, 3.05) is 23.8 Å². The van der Waals surface area contributed by atoms with Gasteiger partial charge in [0, 0.05) is 12.3 Å². The van der Waals surface area contributed by atoms with E-state index in [0.717, 1.165) is 16.1 Å². The van der Waals surface area contributed by atoms with Gasteiger partial charge in [-0.2, -0.15) is 0 Å². The Morgan fingerprint density at radius 3 is 2.68 bits per heavy atom. The highest BCUT2D eigenvalue weighted by Crippen LogP contribution is 2.28. The van der Waals surface area contributed by atoms with E-state index in [4.69, 9.17) is 4.74 Å². The quantitative estimate of drug-likeness (QED) is 0.874. The highest BCUT2D eigenvalue weighted by molar-refractivity contribution is 7.85. The Labute approximate surface area is 132 Å². The highest BCUT2D eigenvalue weighted by atomic mass is 32.2. The number of benzene rings is 2. The normalized spacial score (nSPS) is 17.0. The number of hydrogen-bond acceptors (Lipinski definition) is 3. The van der Waals surface area contributed by atoms with E-state index in [1.165, 1.54) is 0 Å². The van der Waals surface area contributed by atoms with Crippen molar-refractivity contribution in [1.29, 1.82) is 0 Å². The first-order valence-electron chi connectivity index (χ1n) is 7.12. The molecule has 1 aliphatic rings. The highest BCUT2D eigenvalue weighted by Gasteiger charge is 2.26. The summed E-state index contributed by atoms with van der Waals surface area (Å²) in [6.07, 6.45) is 0. The number of para-hydroxylation sites is 1. The predicted octanol–water partition coefficient (Wildman–Crippen LogP) is 2.53. The molecule has 22 heavy (non-hydrogen) atoms. The van der Waals surface area contributed by atoms with Crippen molar-refractivity contribution in [2.45, 2.75) is 11.8 Å². The summed E-state index contributed by atoms with van der Waals surface area (Å²) in [5, 5.41) is 0. The second-order valence-corrected chi connectivity index (χ2v) is 6.70. The molecular formula is C17H17NO3S. The van der Waals surface area contributed by atoms with E-state index in [2.05, 4.69) is 0 Å². The van der Waals surface area contributed by atoms with Crippen LogP contribution in [0.4, 0.5) is 5.69 Å². The molecule has 114 valence electrons. The van der Waals surface area contributed by atoms with Crippen LogP contribution < -0.4 is 9.64 Å². The molecule has 1 amide bonds. The minimum absolute atomic E-state index is 0.0238. The maximum absolute atomic E-state index is 12.4. The molecule has 4 nitrogen and oxygen atoms in total. The fourth-order valence-corrected chi connectivity index (χ4v) is 3.60. The van der Waals surface area contributed by atoms with Crippen molar-refractivity contribution < 1.29 is 13.7 Å². The molecule has 0 bridgehead atoms. The molecule has 1 heterocycles. The Morgan fingerprint density at radius 2 is 1.91 bits per heavy atom. The van der Waals surface area contributed by atoms with Gasteiger partial charge in [-0.3, -0.25) is 9.00 Å². The molecule has 0 aromatic heterocycles. The maximum Gasteiger partial charge on any atom is 0.264 e. The van der Waals surface area contributed by atoms with E-state index in [1.807, 2.05) is 55.5 Å². The van der Waals surface area contributed by atoms with Gasteiger partial charge >= 0.3 is 0 Å². The number of amides is 1. The molecule has 0 aliphatic carbocycles. The third-order valence-corrected chi connectivity index (χ3v) is 4.98. The lowest BCUT2D eigenvalue weighted by Gasteiger charge is -2.28. The maximum atomic E-state index is 12.4.